The lowest BCUT2D eigenvalue weighted by Crippen LogP contribution is -2.19. The summed E-state index contributed by atoms with van der Waals surface area (Å²) < 4.78 is 11.3. The van der Waals surface area contributed by atoms with Gasteiger partial charge in [-0.1, -0.05) is 19.1 Å². The summed E-state index contributed by atoms with van der Waals surface area (Å²) in [5.74, 6) is 3.44. The minimum absolute atomic E-state index is 0.333. The summed E-state index contributed by atoms with van der Waals surface area (Å²) >= 11 is 0. The van der Waals surface area contributed by atoms with Crippen LogP contribution in [0.5, 0.6) is 5.75 Å². The van der Waals surface area contributed by atoms with Gasteiger partial charge in [0.25, 0.3) is 0 Å². The van der Waals surface area contributed by atoms with Gasteiger partial charge in [0.05, 0.1) is 19.0 Å². The maximum atomic E-state index is 12.3. The molecule has 2 N–H and O–H groups in total. The van der Waals surface area contributed by atoms with E-state index < -0.39 is 0 Å². The van der Waals surface area contributed by atoms with Crippen molar-refractivity contribution in [3.63, 3.8) is 0 Å². The SMILES string of the molecule is COc1ccccc1NC(=O)Nc1ccc(-c2cnc(C3CCC(C)CC3)o2)cc1. The van der Waals surface area contributed by atoms with Crippen molar-refractivity contribution in [2.75, 3.05) is 17.7 Å². The molecule has 0 atom stereocenters. The molecule has 156 valence electrons. The molecule has 0 radical (unpaired) electrons. The van der Waals surface area contributed by atoms with Crippen LogP contribution >= 0.6 is 0 Å². The fraction of sp³-hybridized carbons (Fsp3) is 0.333. The molecule has 1 saturated carbocycles. The molecule has 1 aromatic heterocycles. The highest BCUT2D eigenvalue weighted by Gasteiger charge is 2.23. The van der Waals surface area contributed by atoms with Gasteiger partial charge in [-0.2, -0.15) is 0 Å². The van der Waals surface area contributed by atoms with E-state index in [4.69, 9.17) is 9.15 Å². The van der Waals surface area contributed by atoms with Gasteiger partial charge in [0.15, 0.2) is 11.7 Å². The van der Waals surface area contributed by atoms with E-state index in [9.17, 15) is 4.79 Å². The van der Waals surface area contributed by atoms with Crippen LogP contribution in [-0.4, -0.2) is 18.1 Å². The zero-order chi connectivity index (χ0) is 20.9. The number of nitrogens with zero attached hydrogens (tertiary/aromatic N) is 1. The number of ether oxygens (including phenoxy) is 1. The van der Waals surface area contributed by atoms with Crippen molar-refractivity contribution in [2.45, 2.75) is 38.5 Å². The summed E-state index contributed by atoms with van der Waals surface area (Å²) in [7, 11) is 1.57. The van der Waals surface area contributed by atoms with E-state index in [1.807, 2.05) is 36.4 Å². The van der Waals surface area contributed by atoms with Gasteiger partial charge in [0.2, 0.25) is 0 Å². The van der Waals surface area contributed by atoms with Crippen molar-refractivity contribution in [2.24, 2.45) is 5.92 Å². The molecule has 2 aromatic carbocycles. The number of para-hydroxylation sites is 2. The number of anilines is 2. The fourth-order valence-corrected chi connectivity index (χ4v) is 3.87. The lowest BCUT2D eigenvalue weighted by Gasteiger charge is -2.23. The normalized spacial score (nSPS) is 18.6. The smallest absolute Gasteiger partial charge is 0.323 e. The van der Waals surface area contributed by atoms with Gasteiger partial charge in [-0.15, -0.1) is 0 Å². The van der Waals surface area contributed by atoms with Crippen molar-refractivity contribution < 1.29 is 13.9 Å². The van der Waals surface area contributed by atoms with Gasteiger partial charge in [0.1, 0.15) is 5.75 Å². The van der Waals surface area contributed by atoms with Crippen LogP contribution in [0.4, 0.5) is 16.2 Å². The number of rotatable bonds is 5. The van der Waals surface area contributed by atoms with Gasteiger partial charge >= 0.3 is 6.03 Å². The molecule has 1 aliphatic rings. The molecule has 3 aromatic rings. The van der Waals surface area contributed by atoms with E-state index in [0.717, 1.165) is 36.0 Å². The predicted octanol–water partition coefficient (Wildman–Crippen LogP) is 6.29. The molecular weight excluding hydrogens is 378 g/mol. The first-order chi connectivity index (χ1) is 14.6. The van der Waals surface area contributed by atoms with Crippen molar-refractivity contribution >= 4 is 17.4 Å². The summed E-state index contributed by atoms with van der Waals surface area (Å²) in [5.41, 5.74) is 2.24. The number of hydrogen-bond acceptors (Lipinski definition) is 4. The highest BCUT2D eigenvalue weighted by Crippen LogP contribution is 2.36. The average Bonchev–Trinajstić information content (AvgIpc) is 3.25. The van der Waals surface area contributed by atoms with Gasteiger partial charge < -0.3 is 19.8 Å². The number of benzene rings is 2. The number of carbonyl (C=O) groups is 1. The minimum Gasteiger partial charge on any atom is -0.495 e. The fourth-order valence-electron chi connectivity index (χ4n) is 3.87. The minimum atomic E-state index is -0.333. The second-order valence-corrected chi connectivity index (χ2v) is 7.88. The molecule has 0 bridgehead atoms. The molecule has 2 amide bonds. The quantitative estimate of drug-likeness (QED) is 0.523. The number of nitrogens with one attached hydrogen (secondary N) is 2. The number of amides is 2. The summed E-state index contributed by atoms with van der Waals surface area (Å²) in [6, 6.07) is 14.5. The molecule has 1 fully saturated rings. The molecule has 30 heavy (non-hydrogen) atoms. The Morgan fingerprint density at radius 2 is 1.77 bits per heavy atom. The van der Waals surface area contributed by atoms with Crippen molar-refractivity contribution in [1.82, 2.24) is 4.98 Å². The molecule has 0 aliphatic heterocycles. The van der Waals surface area contributed by atoms with E-state index in [-0.39, 0.29) is 6.03 Å². The molecule has 4 rings (SSSR count). The molecule has 0 spiro atoms. The lowest BCUT2D eigenvalue weighted by atomic mass is 9.83. The van der Waals surface area contributed by atoms with Crippen LogP contribution in [-0.2, 0) is 0 Å². The van der Waals surface area contributed by atoms with Crippen LogP contribution in [0.3, 0.4) is 0 Å². The van der Waals surface area contributed by atoms with Crippen LogP contribution < -0.4 is 15.4 Å². The largest absolute Gasteiger partial charge is 0.495 e. The van der Waals surface area contributed by atoms with Crippen molar-refractivity contribution in [3.05, 3.63) is 60.6 Å². The number of urea groups is 1. The number of aromatic nitrogens is 1. The van der Waals surface area contributed by atoms with E-state index in [1.165, 1.54) is 12.8 Å². The van der Waals surface area contributed by atoms with Crippen LogP contribution in [0.25, 0.3) is 11.3 Å². The molecule has 1 heterocycles. The summed E-state index contributed by atoms with van der Waals surface area (Å²) in [4.78, 5) is 16.8. The van der Waals surface area contributed by atoms with Crippen LogP contribution in [0.15, 0.2) is 59.1 Å². The zero-order valence-corrected chi connectivity index (χ0v) is 17.4. The van der Waals surface area contributed by atoms with E-state index in [1.54, 1.807) is 25.4 Å². The number of methoxy groups -OCH3 is 1. The summed E-state index contributed by atoms with van der Waals surface area (Å²) in [6.45, 7) is 2.31. The lowest BCUT2D eigenvalue weighted by molar-refractivity contribution is 0.262. The third kappa shape index (κ3) is 4.64. The van der Waals surface area contributed by atoms with E-state index in [0.29, 0.717) is 23.0 Å². The topological polar surface area (TPSA) is 76.4 Å². The molecular formula is C24H27N3O3. The molecule has 6 heteroatoms. The van der Waals surface area contributed by atoms with Crippen LogP contribution in [0.2, 0.25) is 0 Å². The van der Waals surface area contributed by atoms with Gasteiger partial charge in [-0.05, 0) is 68.0 Å². The molecule has 1 aliphatic carbocycles. The standard InChI is InChI=1S/C24H27N3O3/c1-16-7-9-18(10-8-16)23-25-15-22(30-23)17-11-13-19(14-12-17)26-24(28)27-20-5-3-4-6-21(20)29-2/h3-6,11-16,18H,7-10H2,1-2H3,(H2,26,27,28). The Bertz CT molecular complexity index is 989. The Kier molecular flexibility index (Phi) is 6.02. The Morgan fingerprint density at radius 1 is 1.03 bits per heavy atom. The van der Waals surface area contributed by atoms with Crippen LogP contribution in [0, 0.1) is 5.92 Å². The second kappa shape index (κ2) is 9.03. The van der Waals surface area contributed by atoms with E-state index >= 15 is 0 Å². The molecule has 0 saturated heterocycles. The zero-order valence-electron chi connectivity index (χ0n) is 17.4. The Balaban J connectivity index is 1.38. The first-order valence-electron chi connectivity index (χ1n) is 10.4. The monoisotopic (exact) mass is 405 g/mol. The molecule has 6 nitrogen and oxygen atoms in total. The Hall–Kier alpha value is -3.28. The second-order valence-electron chi connectivity index (χ2n) is 7.88. The first kappa shape index (κ1) is 20.0. The number of oxazole rings is 1. The highest BCUT2D eigenvalue weighted by atomic mass is 16.5. The maximum Gasteiger partial charge on any atom is 0.323 e. The van der Waals surface area contributed by atoms with Gasteiger partial charge in [0, 0.05) is 17.2 Å². The highest BCUT2D eigenvalue weighted by molar-refractivity contribution is 6.00. The summed E-state index contributed by atoms with van der Waals surface area (Å²) in [5, 5.41) is 5.62. The van der Waals surface area contributed by atoms with Crippen molar-refractivity contribution in [1.29, 1.82) is 0 Å². The van der Waals surface area contributed by atoms with E-state index in [2.05, 4.69) is 22.5 Å². The molecule has 0 unspecified atom stereocenters. The maximum absolute atomic E-state index is 12.3. The third-order valence-electron chi connectivity index (χ3n) is 5.67. The van der Waals surface area contributed by atoms with Gasteiger partial charge in [-0.3, -0.25) is 0 Å². The Labute approximate surface area is 176 Å². The third-order valence-corrected chi connectivity index (χ3v) is 5.67. The summed E-state index contributed by atoms with van der Waals surface area (Å²) in [6.07, 6.45) is 6.56. The average molecular weight is 405 g/mol. The van der Waals surface area contributed by atoms with Gasteiger partial charge in [-0.25, -0.2) is 9.78 Å². The van der Waals surface area contributed by atoms with Crippen LogP contribution in [0.1, 0.15) is 44.4 Å². The first-order valence-corrected chi connectivity index (χ1v) is 10.4. The van der Waals surface area contributed by atoms with Crippen molar-refractivity contribution in [3.8, 4) is 17.1 Å². The number of carbonyl (C=O) groups excluding carboxylic acids is 1. The predicted molar refractivity (Wildman–Crippen MR) is 118 cm³/mol. The number of hydrogen-bond donors (Lipinski definition) is 2. The Morgan fingerprint density at radius 3 is 2.50 bits per heavy atom.